The number of nitrogens with zero attached hydrogens (tertiary/aromatic N) is 1. The Morgan fingerprint density at radius 1 is 1.03 bits per heavy atom. The van der Waals surface area contributed by atoms with E-state index >= 15 is 0 Å². The van der Waals surface area contributed by atoms with Crippen LogP contribution in [0.15, 0.2) is 23.9 Å². The van der Waals surface area contributed by atoms with Gasteiger partial charge in [-0.3, -0.25) is 14.9 Å². The number of hydrogen-bond acceptors (Lipinski definition) is 5. The molecule has 1 atom stereocenters. The molecule has 0 fully saturated rings. The van der Waals surface area contributed by atoms with Gasteiger partial charge in [-0.15, -0.1) is 0 Å². The summed E-state index contributed by atoms with van der Waals surface area (Å²) in [6, 6.07) is 0. The van der Waals surface area contributed by atoms with Crippen molar-refractivity contribution in [1.29, 1.82) is 0 Å². The van der Waals surface area contributed by atoms with Gasteiger partial charge < -0.3 is 9.16 Å². The van der Waals surface area contributed by atoms with Gasteiger partial charge in [0.05, 0.1) is 18.1 Å². The SMILES string of the molecule is CCCCCC(/C=C/C=C(\CCCCCCCC(=O)OC)[N+](=O)[O-])O[Si](C)(C)C. The second-order valence-electron chi connectivity index (χ2n) is 8.41. The smallest absolute Gasteiger partial charge is 0.305 e. The average Bonchev–Trinajstić information content (AvgIpc) is 2.64. The van der Waals surface area contributed by atoms with Crippen molar-refractivity contribution in [2.45, 2.75) is 103 Å². The third-order valence-corrected chi connectivity index (χ3v) is 5.50. The lowest BCUT2D eigenvalue weighted by atomic mass is 10.1. The molecule has 0 saturated heterocycles. The van der Waals surface area contributed by atoms with Gasteiger partial charge in [0.15, 0.2) is 8.32 Å². The average molecular weight is 428 g/mol. The molecule has 0 aromatic heterocycles. The Morgan fingerprint density at radius 2 is 1.66 bits per heavy atom. The minimum Gasteiger partial charge on any atom is -0.469 e. The predicted octanol–water partition coefficient (Wildman–Crippen LogP) is 6.41. The van der Waals surface area contributed by atoms with Crippen LogP contribution in [0.2, 0.25) is 19.6 Å². The number of methoxy groups -OCH3 is 1. The van der Waals surface area contributed by atoms with Crippen molar-refractivity contribution >= 4 is 14.3 Å². The van der Waals surface area contributed by atoms with Crippen LogP contribution < -0.4 is 0 Å². The molecular weight excluding hydrogens is 386 g/mol. The number of hydrogen-bond donors (Lipinski definition) is 0. The first kappa shape index (κ1) is 27.5. The Labute approximate surface area is 178 Å². The lowest BCUT2D eigenvalue weighted by molar-refractivity contribution is -0.428. The molecule has 0 N–H and O–H groups in total. The molecule has 0 spiro atoms. The van der Waals surface area contributed by atoms with E-state index in [1.807, 2.05) is 6.08 Å². The van der Waals surface area contributed by atoms with Crippen LogP contribution in [0, 0.1) is 10.1 Å². The third-order valence-electron chi connectivity index (χ3n) is 4.49. The highest BCUT2D eigenvalue weighted by molar-refractivity contribution is 6.69. The topological polar surface area (TPSA) is 78.7 Å². The van der Waals surface area contributed by atoms with Crippen LogP contribution in [-0.2, 0) is 14.0 Å². The van der Waals surface area contributed by atoms with Gasteiger partial charge in [0.1, 0.15) is 0 Å². The monoisotopic (exact) mass is 427 g/mol. The van der Waals surface area contributed by atoms with Crippen LogP contribution in [0.1, 0.15) is 77.6 Å². The highest BCUT2D eigenvalue weighted by Crippen LogP contribution is 2.16. The van der Waals surface area contributed by atoms with E-state index in [1.54, 1.807) is 12.2 Å². The summed E-state index contributed by atoms with van der Waals surface area (Å²) in [7, 11) is -0.265. The van der Waals surface area contributed by atoms with Crippen molar-refractivity contribution in [3.8, 4) is 0 Å². The van der Waals surface area contributed by atoms with E-state index in [1.165, 1.54) is 13.5 Å². The van der Waals surface area contributed by atoms with Gasteiger partial charge in [-0.2, -0.15) is 0 Å². The van der Waals surface area contributed by atoms with Crippen molar-refractivity contribution in [2.24, 2.45) is 0 Å². The van der Waals surface area contributed by atoms with E-state index in [2.05, 4.69) is 31.3 Å². The minimum atomic E-state index is -1.66. The second kappa shape index (κ2) is 16.3. The summed E-state index contributed by atoms with van der Waals surface area (Å²) in [6.07, 6.45) is 15.2. The zero-order chi connectivity index (χ0) is 22.1. The van der Waals surface area contributed by atoms with Gasteiger partial charge in [0, 0.05) is 18.9 Å². The number of esters is 1. The summed E-state index contributed by atoms with van der Waals surface area (Å²) in [5.41, 5.74) is 0.246. The fourth-order valence-electron chi connectivity index (χ4n) is 2.98. The summed E-state index contributed by atoms with van der Waals surface area (Å²) >= 11 is 0. The van der Waals surface area contributed by atoms with Crippen molar-refractivity contribution in [3.63, 3.8) is 0 Å². The molecule has 0 bridgehead atoms. The van der Waals surface area contributed by atoms with Gasteiger partial charge in [-0.25, -0.2) is 0 Å². The Kier molecular flexibility index (Phi) is 15.5. The largest absolute Gasteiger partial charge is 0.469 e. The standard InChI is InChI=1S/C22H41NO5Si/c1-6-7-11-17-21(28-29(3,4)5)18-14-16-20(23(25)26)15-12-9-8-10-13-19-22(24)27-2/h14,16,18,21H,6-13,15,17,19H2,1-5H3/b18-14+,20-16+. The fourth-order valence-corrected chi connectivity index (χ4v) is 4.08. The molecule has 7 heteroatoms. The Morgan fingerprint density at radius 3 is 2.21 bits per heavy atom. The predicted molar refractivity (Wildman–Crippen MR) is 121 cm³/mol. The lowest BCUT2D eigenvalue weighted by Gasteiger charge is -2.24. The van der Waals surface area contributed by atoms with Crippen LogP contribution in [-0.4, -0.2) is 32.4 Å². The summed E-state index contributed by atoms with van der Waals surface area (Å²) in [4.78, 5) is 22.1. The van der Waals surface area contributed by atoms with Crippen LogP contribution in [0.5, 0.6) is 0 Å². The first-order valence-electron chi connectivity index (χ1n) is 11.0. The van der Waals surface area contributed by atoms with Crippen molar-refractivity contribution in [3.05, 3.63) is 34.0 Å². The zero-order valence-electron chi connectivity index (χ0n) is 19.1. The molecule has 0 saturated carbocycles. The summed E-state index contributed by atoms with van der Waals surface area (Å²) in [5, 5.41) is 11.3. The molecule has 168 valence electrons. The van der Waals surface area contributed by atoms with Gasteiger partial charge in [-0.1, -0.05) is 57.6 Å². The Balaban J connectivity index is 4.48. The van der Waals surface area contributed by atoms with Crippen molar-refractivity contribution < 1.29 is 18.9 Å². The Hall–Kier alpha value is -1.47. The molecular formula is C22H41NO5Si. The van der Waals surface area contributed by atoms with E-state index in [4.69, 9.17) is 4.43 Å². The number of allylic oxidation sites excluding steroid dienone is 3. The van der Waals surface area contributed by atoms with Crippen molar-refractivity contribution in [2.75, 3.05) is 7.11 Å². The molecule has 0 heterocycles. The summed E-state index contributed by atoms with van der Waals surface area (Å²) < 4.78 is 10.8. The molecule has 0 aliphatic rings. The highest BCUT2D eigenvalue weighted by Gasteiger charge is 2.19. The first-order chi connectivity index (χ1) is 13.7. The maximum atomic E-state index is 11.3. The van der Waals surface area contributed by atoms with E-state index in [-0.39, 0.29) is 22.7 Å². The normalized spacial score (nSPS) is 13.6. The molecule has 0 amide bonds. The number of rotatable bonds is 17. The number of nitro groups is 1. The molecule has 0 aromatic carbocycles. The van der Waals surface area contributed by atoms with Crippen LogP contribution in [0.25, 0.3) is 0 Å². The number of carbonyl (C=O) groups is 1. The summed E-state index contributed by atoms with van der Waals surface area (Å²) in [6.45, 7) is 8.67. The number of carbonyl (C=O) groups excluding carboxylic acids is 1. The van der Waals surface area contributed by atoms with E-state index in [0.29, 0.717) is 12.8 Å². The highest BCUT2D eigenvalue weighted by atomic mass is 28.4. The molecule has 0 rings (SSSR count). The lowest BCUT2D eigenvalue weighted by Crippen LogP contribution is -2.31. The maximum Gasteiger partial charge on any atom is 0.305 e. The van der Waals surface area contributed by atoms with E-state index in [9.17, 15) is 14.9 Å². The van der Waals surface area contributed by atoms with Crippen LogP contribution in [0.3, 0.4) is 0 Å². The molecule has 0 aliphatic heterocycles. The fraction of sp³-hybridized carbons (Fsp3) is 0.773. The van der Waals surface area contributed by atoms with E-state index in [0.717, 1.165) is 51.4 Å². The van der Waals surface area contributed by atoms with Gasteiger partial charge in [0.25, 0.3) is 0 Å². The van der Waals surface area contributed by atoms with Crippen molar-refractivity contribution in [1.82, 2.24) is 0 Å². The van der Waals surface area contributed by atoms with Gasteiger partial charge in [0.2, 0.25) is 5.70 Å². The number of ether oxygens (including phenoxy) is 1. The number of unbranched alkanes of at least 4 members (excludes halogenated alkanes) is 6. The maximum absolute atomic E-state index is 11.3. The zero-order valence-corrected chi connectivity index (χ0v) is 20.1. The quantitative estimate of drug-likeness (QED) is 0.0669. The molecule has 0 aliphatic carbocycles. The molecule has 0 radical (unpaired) electrons. The Bertz CT molecular complexity index is 526. The third kappa shape index (κ3) is 17.1. The molecule has 0 aromatic rings. The van der Waals surface area contributed by atoms with Crippen LogP contribution >= 0.6 is 0 Å². The van der Waals surface area contributed by atoms with E-state index < -0.39 is 8.32 Å². The molecule has 29 heavy (non-hydrogen) atoms. The second-order valence-corrected chi connectivity index (χ2v) is 12.9. The summed E-state index contributed by atoms with van der Waals surface area (Å²) in [5.74, 6) is -0.179. The molecule has 1 unspecified atom stereocenters. The van der Waals surface area contributed by atoms with Gasteiger partial charge >= 0.3 is 5.97 Å². The minimum absolute atomic E-state index is 0.0345. The molecule has 6 nitrogen and oxygen atoms in total. The van der Waals surface area contributed by atoms with Gasteiger partial charge in [-0.05, 0) is 38.9 Å². The first-order valence-corrected chi connectivity index (χ1v) is 14.4. The van der Waals surface area contributed by atoms with Crippen LogP contribution in [0.4, 0.5) is 0 Å².